The molecule has 27 heavy (non-hydrogen) atoms. The lowest BCUT2D eigenvalue weighted by molar-refractivity contribution is -0.143. The van der Waals surface area contributed by atoms with Crippen molar-refractivity contribution in [1.82, 2.24) is 4.98 Å². The lowest BCUT2D eigenvalue weighted by atomic mass is 10.1. The van der Waals surface area contributed by atoms with Crippen molar-refractivity contribution in [2.75, 3.05) is 31.7 Å². The molecule has 0 saturated carbocycles. The number of oxazole rings is 1. The van der Waals surface area contributed by atoms with Gasteiger partial charge in [-0.3, -0.25) is 4.79 Å². The van der Waals surface area contributed by atoms with Gasteiger partial charge in [0.1, 0.15) is 17.9 Å². The van der Waals surface area contributed by atoms with Gasteiger partial charge in [0.25, 0.3) is 6.01 Å². The zero-order valence-electron chi connectivity index (χ0n) is 15.7. The van der Waals surface area contributed by atoms with Gasteiger partial charge in [-0.15, -0.1) is 0 Å². The van der Waals surface area contributed by atoms with E-state index in [1.54, 1.807) is 0 Å². The number of fused-ring (bicyclic) bond motifs is 1. The summed E-state index contributed by atoms with van der Waals surface area (Å²) in [6, 6.07) is 16.0. The fourth-order valence-corrected chi connectivity index (χ4v) is 2.65. The number of para-hydroxylation sites is 2. The minimum Gasteiger partial charge on any atom is -0.492 e. The molecule has 0 saturated heterocycles. The van der Waals surface area contributed by atoms with E-state index in [1.807, 2.05) is 67.4 Å². The van der Waals surface area contributed by atoms with Gasteiger partial charge in [-0.05, 0) is 43.2 Å². The van der Waals surface area contributed by atoms with Crippen LogP contribution in [-0.4, -0.2) is 37.8 Å². The van der Waals surface area contributed by atoms with Crippen molar-refractivity contribution in [1.29, 1.82) is 0 Å². The molecule has 6 nitrogen and oxygen atoms in total. The standard InChI is InChI=1S/C21H24N2O4/c1-3-25-20(24)13-10-16-8-11-17(12-9-16)26-15-14-23(2)21-22-18-6-4-5-7-19(18)27-21/h4-9,11-12H,3,10,13-15H2,1-2H3. The maximum absolute atomic E-state index is 11.4. The number of aromatic nitrogens is 1. The first-order valence-corrected chi connectivity index (χ1v) is 9.10. The summed E-state index contributed by atoms with van der Waals surface area (Å²) in [5.41, 5.74) is 2.70. The first-order chi connectivity index (χ1) is 13.2. The molecular weight excluding hydrogens is 344 g/mol. The number of carbonyl (C=O) groups excluding carboxylic acids is 1. The van der Waals surface area contributed by atoms with E-state index in [2.05, 4.69) is 4.98 Å². The zero-order valence-corrected chi connectivity index (χ0v) is 15.7. The van der Waals surface area contributed by atoms with Crippen LogP contribution in [0.5, 0.6) is 5.75 Å². The van der Waals surface area contributed by atoms with Crippen molar-refractivity contribution < 1.29 is 18.7 Å². The largest absolute Gasteiger partial charge is 0.492 e. The van der Waals surface area contributed by atoms with Crippen molar-refractivity contribution in [3.05, 3.63) is 54.1 Å². The van der Waals surface area contributed by atoms with Crippen LogP contribution in [0.1, 0.15) is 18.9 Å². The molecule has 0 atom stereocenters. The maximum atomic E-state index is 11.4. The molecule has 0 aliphatic rings. The third-order valence-corrected chi connectivity index (χ3v) is 4.15. The summed E-state index contributed by atoms with van der Waals surface area (Å²) in [4.78, 5) is 17.8. The number of ether oxygens (including phenoxy) is 2. The van der Waals surface area contributed by atoms with Gasteiger partial charge in [0, 0.05) is 13.5 Å². The van der Waals surface area contributed by atoms with Crippen molar-refractivity contribution >= 4 is 23.1 Å². The number of esters is 1. The predicted molar refractivity (Wildman–Crippen MR) is 104 cm³/mol. The molecule has 0 bridgehead atoms. The van der Waals surface area contributed by atoms with Crippen LogP contribution in [-0.2, 0) is 16.0 Å². The number of anilines is 1. The average Bonchev–Trinajstić information content (AvgIpc) is 3.12. The van der Waals surface area contributed by atoms with Crippen LogP contribution in [0, 0.1) is 0 Å². The highest BCUT2D eigenvalue weighted by Gasteiger charge is 2.10. The van der Waals surface area contributed by atoms with Crippen LogP contribution >= 0.6 is 0 Å². The SMILES string of the molecule is CCOC(=O)CCc1ccc(OCCN(C)c2nc3ccccc3o2)cc1. The molecule has 6 heteroatoms. The summed E-state index contributed by atoms with van der Waals surface area (Å²) in [5, 5.41) is 0. The first kappa shape index (κ1) is 18.8. The van der Waals surface area contributed by atoms with E-state index in [1.165, 1.54) is 0 Å². The molecule has 0 radical (unpaired) electrons. The van der Waals surface area contributed by atoms with Crippen molar-refractivity contribution in [3.63, 3.8) is 0 Å². The van der Waals surface area contributed by atoms with Gasteiger partial charge in [-0.25, -0.2) is 0 Å². The Morgan fingerprint density at radius 3 is 2.67 bits per heavy atom. The number of rotatable bonds is 9. The molecule has 1 heterocycles. The molecule has 0 unspecified atom stereocenters. The van der Waals surface area contributed by atoms with Gasteiger partial charge in [-0.2, -0.15) is 4.98 Å². The van der Waals surface area contributed by atoms with Crippen LogP contribution in [0.25, 0.3) is 11.1 Å². The zero-order chi connectivity index (χ0) is 19.1. The van der Waals surface area contributed by atoms with Crippen LogP contribution in [0.3, 0.4) is 0 Å². The van der Waals surface area contributed by atoms with Crippen LogP contribution in [0.4, 0.5) is 6.01 Å². The summed E-state index contributed by atoms with van der Waals surface area (Å²) >= 11 is 0. The monoisotopic (exact) mass is 368 g/mol. The molecule has 0 N–H and O–H groups in total. The Balaban J connectivity index is 1.45. The van der Waals surface area contributed by atoms with Gasteiger partial charge in [-0.1, -0.05) is 24.3 Å². The average molecular weight is 368 g/mol. The molecule has 1 aromatic heterocycles. The molecular formula is C21H24N2O4. The third kappa shape index (κ3) is 5.23. The molecule has 142 valence electrons. The smallest absolute Gasteiger partial charge is 0.306 e. The van der Waals surface area contributed by atoms with E-state index in [-0.39, 0.29) is 5.97 Å². The number of hydrogen-bond acceptors (Lipinski definition) is 6. The van der Waals surface area contributed by atoms with E-state index in [9.17, 15) is 4.79 Å². The second kappa shape index (κ2) is 9.07. The summed E-state index contributed by atoms with van der Waals surface area (Å²) < 4.78 is 16.5. The van der Waals surface area contributed by atoms with E-state index >= 15 is 0 Å². The molecule has 3 aromatic rings. The van der Waals surface area contributed by atoms with Crippen molar-refractivity contribution in [2.24, 2.45) is 0 Å². The van der Waals surface area contributed by atoms with Gasteiger partial charge in [0.15, 0.2) is 5.58 Å². The molecule has 3 rings (SSSR count). The molecule has 0 aliphatic carbocycles. The Bertz CT molecular complexity index is 840. The Morgan fingerprint density at radius 1 is 1.15 bits per heavy atom. The lowest BCUT2D eigenvalue weighted by Crippen LogP contribution is -2.23. The molecule has 0 fully saturated rings. The number of benzene rings is 2. The van der Waals surface area contributed by atoms with E-state index < -0.39 is 0 Å². The highest BCUT2D eigenvalue weighted by molar-refractivity contribution is 5.74. The molecule has 2 aromatic carbocycles. The second-order valence-electron chi connectivity index (χ2n) is 6.18. The summed E-state index contributed by atoms with van der Waals surface area (Å²) in [5.74, 6) is 0.626. The van der Waals surface area contributed by atoms with Gasteiger partial charge < -0.3 is 18.8 Å². The fraction of sp³-hybridized carbons (Fsp3) is 0.333. The van der Waals surface area contributed by atoms with E-state index in [0.29, 0.717) is 38.6 Å². The number of carbonyl (C=O) groups is 1. The Hall–Kier alpha value is -3.02. The van der Waals surface area contributed by atoms with Crippen LogP contribution in [0.15, 0.2) is 52.9 Å². The normalized spacial score (nSPS) is 10.7. The van der Waals surface area contributed by atoms with Crippen molar-refractivity contribution in [3.8, 4) is 5.75 Å². The lowest BCUT2D eigenvalue weighted by Gasteiger charge is -2.15. The molecule has 0 spiro atoms. The minimum atomic E-state index is -0.167. The van der Waals surface area contributed by atoms with Crippen LogP contribution in [0.2, 0.25) is 0 Å². The van der Waals surface area contributed by atoms with Crippen LogP contribution < -0.4 is 9.64 Å². The quantitative estimate of drug-likeness (QED) is 0.535. The highest BCUT2D eigenvalue weighted by Crippen LogP contribution is 2.20. The third-order valence-electron chi connectivity index (χ3n) is 4.15. The highest BCUT2D eigenvalue weighted by atomic mass is 16.5. The van der Waals surface area contributed by atoms with E-state index in [4.69, 9.17) is 13.9 Å². The number of hydrogen-bond donors (Lipinski definition) is 0. The second-order valence-corrected chi connectivity index (χ2v) is 6.18. The maximum Gasteiger partial charge on any atom is 0.306 e. The topological polar surface area (TPSA) is 64.8 Å². The molecule has 0 aliphatic heterocycles. The number of likely N-dealkylation sites (N-methyl/N-ethyl adjacent to an activating group) is 1. The van der Waals surface area contributed by atoms with Gasteiger partial charge >= 0.3 is 5.97 Å². The number of nitrogens with zero attached hydrogens (tertiary/aromatic N) is 2. The van der Waals surface area contributed by atoms with E-state index in [0.717, 1.165) is 22.4 Å². The Labute approximate surface area is 158 Å². The first-order valence-electron chi connectivity index (χ1n) is 9.10. The Kier molecular flexibility index (Phi) is 6.30. The Morgan fingerprint density at radius 2 is 1.93 bits per heavy atom. The summed E-state index contributed by atoms with van der Waals surface area (Å²) in [7, 11) is 1.92. The minimum absolute atomic E-state index is 0.167. The number of aryl methyl sites for hydroxylation is 1. The fourth-order valence-electron chi connectivity index (χ4n) is 2.65. The van der Waals surface area contributed by atoms with Crippen molar-refractivity contribution in [2.45, 2.75) is 19.8 Å². The molecule has 0 amide bonds. The van der Waals surface area contributed by atoms with Gasteiger partial charge in [0.2, 0.25) is 0 Å². The summed E-state index contributed by atoms with van der Waals surface area (Å²) in [6.07, 6.45) is 1.06. The van der Waals surface area contributed by atoms with Gasteiger partial charge in [0.05, 0.1) is 13.2 Å². The predicted octanol–water partition coefficient (Wildman–Crippen LogP) is 3.84. The summed E-state index contributed by atoms with van der Waals surface area (Å²) in [6.45, 7) is 3.39.